The maximum absolute atomic E-state index is 11.8. The van der Waals surface area contributed by atoms with Crippen molar-refractivity contribution in [1.82, 2.24) is 9.97 Å². The molecule has 104 valence electrons. The number of halogens is 1. The Labute approximate surface area is 114 Å². The molecule has 1 fully saturated rings. The summed E-state index contributed by atoms with van der Waals surface area (Å²) in [5.74, 6) is -0.711. The van der Waals surface area contributed by atoms with E-state index in [9.17, 15) is 13.2 Å². The van der Waals surface area contributed by atoms with E-state index < -0.39 is 10.0 Å². The zero-order chi connectivity index (χ0) is 14.2. The van der Waals surface area contributed by atoms with Crippen LogP contribution < -0.4 is 15.8 Å². The van der Waals surface area contributed by atoms with Crippen molar-refractivity contribution in [3.8, 4) is 0 Å². The van der Waals surface area contributed by atoms with Crippen molar-refractivity contribution in [3.63, 3.8) is 0 Å². The Hall–Kier alpha value is -1.45. The van der Waals surface area contributed by atoms with Gasteiger partial charge in [-0.15, -0.1) is 0 Å². The monoisotopic (exact) mass is 305 g/mol. The fourth-order valence-electron chi connectivity index (χ4n) is 1.96. The third-order valence-corrected chi connectivity index (χ3v) is 3.75. The number of anilines is 2. The number of hydrogen-bond donors (Lipinski definition) is 2. The molecule has 0 radical (unpaired) electrons. The van der Waals surface area contributed by atoms with E-state index in [0.717, 1.165) is 0 Å². The minimum Gasteiger partial charge on any atom is -0.383 e. The minimum atomic E-state index is -3.62. The van der Waals surface area contributed by atoms with Crippen molar-refractivity contribution in [1.29, 1.82) is 0 Å². The maximum atomic E-state index is 11.8. The number of rotatable bonds is 3. The van der Waals surface area contributed by atoms with Gasteiger partial charge in [0.15, 0.2) is 0 Å². The number of aromatic nitrogens is 2. The third kappa shape index (κ3) is 3.52. The normalized spacial score (nSPS) is 20.0. The summed E-state index contributed by atoms with van der Waals surface area (Å²) in [6.45, 7) is 0.176. The van der Waals surface area contributed by atoms with Crippen molar-refractivity contribution in [2.45, 2.75) is 6.42 Å². The first-order valence-electron chi connectivity index (χ1n) is 5.35. The molecule has 8 nitrogen and oxygen atoms in total. The summed E-state index contributed by atoms with van der Waals surface area (Å²) in [4.78, 5) is 20.9. The second-order valence-corrected chi connectivity index (χ2v) is 6.37. The maximum Gasteiger partial charge on any atom is 0.235 e. The van der Waals surface area contributed by atoms with Gasteiger partial charge in [-0.1, -0.05) is 11.6 Å². The summed E-state index contributed by atoms with van der Waals surface area (Å²) in [6.07, 6.45) is 0.0756. The van der Waals surface area contributed by atoms with Gasteiger partial charge in [0.05, 0.1) is 5.75 Å². The topological polar surface area (TPSA) is 132 Å². The molecule has 0 aliphatic carbocycles. The molecule has 0 bridgehead atoms. The van der Waals surface area contributed by atoms with E-state index in [0.29, 0.717) is 0 Å². The lowest BCUT2D eigenvalue weighted by Crippen LogP contribution is -2.29. The minimum absolute atomic E-state index is 0.0756. The Balaban J connectivity index is 2.20. The molecule has 1 aromatic heterocycles. The van der Waals surface area contributed by atoms with Gasteiger partial charge in [-0.2, -0.15) is 4.98 Å². The highest BCUT2D eigenvalue weighted by atomic mass is 35.5. The van der Waals surface area contributed by atoms with Crippen LogP contribution in [0.5, 0.6) is 0 Å². The van der Waals surface area contributed by atoms with E-state index in [2.05, 4.69) is 9.97 Å². The van der Waals surface area contributed by atoms with Gasteiger partial charge in [0, 0.05) is 24.9 Å². The van der Waals surface area contributed by atoms with Crippen LogP contribution in [-0.2, 0) is 14.8 Å². The summed E-state index contributed by atoms with van der Waals surface area (Å²) in [5.41, 5.74) is 5.52. The summed E-state index contributed by atoms with van der Waals surface area (Å²) in [5, 5.41) is 5.08. The second-order valence-electron chi connectivity index (χ2n) is 4.32. The lowest BCUT2D eigenvalue weighted by Gasteiger charge is -2.14. The summed E-state index contributed by atoms with van der Waals surface area (Å²) in [7, 11) is -3.62. The number of hydrogen-bond acceptors (Lipinski definition) is 6. The SMILES string of the molecule is Nc1cc(Cl)nc(N2CC(CS(N)(=O)=O)CC2=O)n1. The number of sulfonamides is 1. The molecule has 1 aromatic rings. The number of nitrogens with zero attached hydrogens (tertiary/aromatic N) is 3. The van der Waals surface area contributed by atoms with Gasteiger partial charge in [-0.3, -0.25) is 9.69 Å². The Bertz CT molecular complexity index is 600. The highest BCUT2D eigenvalue weighted by Crippen LogP contribution is 2.24. The second kappa shape index (κ2) is 4.91. The molecule has 0 saturated carbocycles. The average molecular weight is 306 g/mol. The predicted molar refractivity (Wildman–Crippen MR) is 69.9 cm³/mol. The van der Waals surface area contributed by atoms with Crippen molar-refractivity contribution < 1.29 is 13.2 Å². The van der Waals surface area contributed by atoms with E-state index in [1.165, 1.54) is 11.0 Å². The standard InChI is InChI=1S/C9H12ClN5O3S/c10-6-2-7(11)14-9(13-6)15-3-5(1-8(15)16)4-19(12,17)18/h2,5H,1,3-4H2,(H2,11,13,14)(H2,12,17,18). The number of nitrogens with two attached hydrogens (primary N) is 2. The molecule has 1 aliphatic rings. The molecule has 1 atom stereocenters. The molecule has 19 heavy (non-hydrogen) atoms. The first-order chi connectivity index (χ1) is 8.74. The largest absolute Gasteiger partial charge is 0.383 e. The third-order valence-electron chi connectivity index (χ3n) is 2.62. The Morgan fingerprint density at radius 3 is 2.74 bits per heavy atom. The van der Waals surface area contributed by atoms with E-state index in [1.807, 2.05) is 0 Å². The van der Waals surface area contributed by atoms with Crippen LogP contribution in [0.3, 0.4) is 0 Å². The fraction of sp³-hybridized carbons (Fsp3) is 0.444. The van der Waals surface area contributed by atoms with Crippen molar-refractivity contribution in [2.75, 3.05) is 22.9 Å². The van der Waals surface area contributed by atoms with Crippen LogP contribution in [-0.4, -0.2) is 36.6 Å². The number of carbonyl (C=O) groups excluding carboxylic acids is 1. The molecular formula is C9H12ClN5O3S. The van der Waals surface area contributed by atoms with Gasteiger partial charge >= 0.3 is 0 Å². The molecule has 1 unspecified atom stereocenters. The van der Waals surface area contributed by atoms with Gasteiger partial charge < -0.3 is 5.73 Å². The zero-order valence-corrected chi connectivity index (χ0v) is 11.4. The molecule has 4 N–H and O–H groups in total. The van der Waals surface area contributed by atoms with E-state index >= 15 is 0 Å². The van der Waals surface area contributed by atoms with Gasteiger partial charge in [0.2, 0.25) is 21.9 Å². The van der Waals surface area contributed by atoms with Gasteiger partial charge in [-0.05, 0) is 0 Å². The quantitative estimate of drug-likeness (QED) is 0.713. The summed E-state index contributed by atoms with van der Waals surface area (Å²) in [6, 6.07) is 1.35. The van der Waals surface area contributed by atoms with Crippen LogP contribution >= 0.6 is 11.6 Å². The number of carbonyl (C=O) groups is 1. The van der Waals surface area contributed by atoms with Crippen LogP contribution in [0, 0.1) is 5.92 Å². The van der Waals surface area contributed by atoms with E-state index in [1.54, 1.807) is 0 Å². The predicted octanol–water partition coefficient (Wildman–Crippen LogP) is -0.646. The Morgan fingerprint density at radius 2 is 2.16 bits per heavy atom. The molecule has 0 aromatic carbocycles. The fourth-order valence-corrected chi connectivity index (χ4v) is 3.03. The number of nitrogen functional groups attached to an aromatic ring is 1. The highest BCUT2D eigenvalue weighted by molar-refractivity contribution is 7.89. The van der Waals surface area contributed by atoms with Gasteiger partial charge in [0.1, 0.15) is 11.0 Å². The highest BCUT2D eigenvalue weighted by Gasteiger charge is 2.34. The molecule has 1 aliphatic heterocycles. The van der Waals surface area contributed by atoms with Crippen molar-refractivity contribution in [3.05, 3.63) is 11.2 Å². The lowest BCUT2D eigenvalue weighted by molar-refractivity contribution is -0.117. The van der Waals surface area contributed by atoms with Crippen molar-refractivity contribution >= 4 is 39.3 Å². The van der Waals surface area contributed by atoms with Crippen molar-refractivity contribution in [2.24, 2.45) is 11.1 Å². The molecule has 2 heterocycles. The zero-order valence-electron chi connectivity index (χ0n) is 9.78. The smallest absolute Gasteiger partial charge is 0.235 e. The Morgan fingerprint density at radius 1 is 1.47 bits per heavy atom. The number of primary sulfonamides is 1. The van der Waals surface area contributed by atoms with Gasteiger partial charge in [0.25, 0.3) is 0 Å². The lowest BCUT2D eigenvalue weighted by atomic mass is 10.1. The molecule has 10 heteroatoms. The molecule has 2 rings (SSSR count). The van der Waals surface area contributed by atoms with Crippen LogP contribution in [0.15, 0.2) is 6.07 Å². The molecule has 1 amide bonds. The average Bonchev–Trinajstić information content (AvgIpc) is 2.54. The first kappa shape index (κ1) is 14.0. The molecular weight excluding hydrogens is 294 g/mol. The van der Waals surface area contributed by atoms with Gasteiger partial charge in [-0.25, -0.2) is 18.5 Å². The summed E-state index contributed by atoms with van der Waals surface area (Å²) >= 11 is 5.73. The van der Waals surface area contributed by atoms with E-state index in [-0.39, 0.29) is 47.5 Å². The van der Waals surface area contributed by atoms with Crippen LogP contribution in [0.4, 0.5) is 11.8 Å². The van der Waals surface area contributed by atoms with Crippen LogP contribution in [0.2, 0.25) is 5.15 Å². The molecule has 1 saturated heterocycles. The summed E-state index contributed by atoms with van der Waals surface area (Å²) < 4.78 is 22.0. The molecule has 0 spiro atoms. The van der Waals surface area contributed by atoms with E-state index in [4.69, 9.17) is 22.5 Å². The van der Waals surface area contributed by atoms with Crippen LogP contribution in [0.25, 0.3) is 0 Å². The first-order valence-corrected chi connectivity index (χ1v) is 7.45. The Kier molecular flexibility index (Phi) is 3.61. The number of amides is 1. The van der Waals surface area contributed by atoms with Crippen LogP contribution in [0.1, 0.15) is 6.42 Å².